The molecule has 0 saturated heterocycles. The van der Waals surface area contributed by atoms with Gasteiger partial charge in [-0.1, -0.05) is 18.2 Å². The molecule has 30 heavy (non-hydrogen) atoms. The number of pyridine rings is 1. The highest BCUT2D eigenvalue weighted by Gasteiger charge is 2.19. The number of aromatic nitrogens is 2. The second-order valence-corrected chi connectivity index (χ2v) is 7.45. The molecule has 3 N–H and O–H groups in total. The number of rotatable bonds is 6. The van der Waals surface area contributed by atoms with Crippen LogP contribution in [0.15, 0.2) is 67.0 Å². The number of aliphatic hydroxyl groups excluding tert-OH is 1. The van der Waals surface area contributed by atoms with E-state index in [4.69, 9.17) is 4.74 Å². The number of anilines is 3. The number of nitrogens with one attached hydrogen (secondary N) is 2. The van der Waals surface area contributed by atoms with Gasteiger partial charge in [-0.2, -0.15) is 0 Å². The van der Waals surface area contributed by atoms with Crippen LogP contribution in [-0.4, -0.2) is 34.8 Å². The van der Waals surface area contributed by atoms with Gasteiger partial charge >= 0.3 is 0 Å². The lowest BCUT2D eigenvalue weighted by Gasteiger charge is -2.31. The van der Waals surface area contributed by atoms with Crippen LogP contribution in [0.1, 0.15) is 11.3 Å². The minimum Gasteiger partial charge on any atom is -0.489 e. The lowest BCUT2D eigenvalue weighted by molar-refractivity contribution is 0.277. The molecular weight excluding hydrogens is 376 g/mol. The fraction of sp³-hybridized carbons (Fsp3) is 0.208. The van der Waals surface area contributed by atoms with Crippen LogP contribution in [0.2, 0.25) is 0 Å². The lowest BCUT2D eigenvalue weighted by Crippen LogP contribution is -2.34. The summed E-state index contributed by atoms with van der Waals surface area (Å²) in [6.07, 6.45) is 4.79. The first-order valence-corrected chi connectivity index (χ1v) is 10.2. The Hall–Kier alpha value is -3.51. The summed E-state index contributed by atoms with van der Waals surface area (Å²) in [5.41, 5.74) is 6.12. The van der Waals surface area contributed by atoms with Crippen LogP contribution in [0, 0.1) is 0 Å². The Kier molecular flexibility index (Phi) is 4.99. The first-order valence-electron chi connectivity index (χ1n) is 10.2. The van der Waals surface area contributed by atoms with Crippen molar-refractivity contribution in [3.05, 3.63) is 78.2 Å². The predicted octanol–water partition coefficient (Wildman–Crippen LogP) is 4.24. The van der Waals surface area contributed by atoms with Gasteiger partial charge in [0.2, 0.25) is 0 Å². The molecule has 5 rings (SSSR count). The average molecular weight is 400 g/mol. The number of benzene rings is 2. The van der Waals surface area contributed by atoms with Crippen molar-refractivity contribution in [3.63, 3.8) is 0 Å². The van der Waals surface area contributed by atoms with E-state index in [9.17, 15) is 5.11 Å². The van der Waals surface area contributed by atoms with Crippen molar-refractivity contribution in [1.29, 1.82) is 0 Å². The summed E-state index contributed by atoms with van der Waals surface area (Å²) in [6, 6.07) is 18.4. The van der Waals surface area contributed by atoms with Gasteiger partial charge in [0, 0.05) is 47.3 Å². The minimum absolute atomic E-state index is 0.0752. The SMILES string of the molecule is OCc1cc(Nc2ccc3c(c2)OCCN3CCc2c[nH]c3ccccc23)ccn1. The maximum absolute atomic E-state index is 9.28. The van der Waals surface area contributed by atoms with Gasteiger partial charge in [0.05, 0.1) is 24.5 Å². The smallest absolute Gasteiger partial charge is 0.144 e. The van der Waals surface area contributed by atoms with Crippen LogP contribution in [0.25, 0.3) is 10.9 Å². The number of para-hydroxylation sites is 1. The maximum atomic E-state index is 9.28. The summed E-state index contributed by atoms with van der Waals surface area (Å²) < 4.78 is 5.94. The van der Waals surface area contributed by atoms with E-state index in [1.165, 1.54) is 16.5 Å². The monoisotopic (exact) mass is 400 g/mol. The van der Waals surface area contributed by atoms with Crippen LogP contribution in [0.4, 0.5) is 17.1 Å². The van der Waals surface area contributed by atoms with E-state index in [0.29, 0.717) is 12.3 Å². The Balaban J connectivity index is 1.32. The normalized spacial score (nSPS) is 13.2. The number of nitrogens with zero attached hydrogens (tertiary/aromatic N) is 2. The Bertz CT molecular complexity index is 1170. The number of H-pyrrole nitrogens is 1. The van der Waals surface area contributed by atoms with Crippen molar-refractivity contribution in [2.45, 2.75) is 13.0 Å². The largest absolute Gasteiger partial charge is 0.489 e. The molecule has 1 aliphatic heterocycles. The second kappa shape index (κ2) is 8.08. The fourth-order valence-electron chi connectivity index (χ4n) is 3.99. The molecule has 1 aliphatic rings. The van der Waals surface area contributed by atoms with E-state index in [2.05, 4.69) is 62.8 Å². The van der Waals surface area contributed by atoms with Gasteiger partial charge in [-0.15, -0.1) is 0 Å². The summed E-state index contributed by atoms with van der Waals surface area (Å²) in [5.74, 6) is 0.890. The zero-order valence-electron chi connectivity index (χ0n) is 16.6. The zero-order valence-corrected chi connectivity index (χ0v) is 16.6. The number of hydrogen-bond donors (Lipinski definition) is 3. The van der Waals surface area contributed by atoms with E-state index < -0.39 is 0 Å². The van der Waals surface area contributed by atoms with Crippen molar-refractivity contribution < 1.29 is 9.84 Å². The molecule has 0 radical (unpaired) electrons. The third kappa shape index (κ3) is 3.69. The van der Waals surface area contributed by atoms with Gasteiger partial charge < -0.3 is 25.0 Å². The van der Waals surface area contributed by atoms with Crippen LogP contribution in [-0.2, 0) is 13.0 Å². The molecular formula is C24H24N4O2. The van der Waals surface area contributed by atoms with Crippen molar-refractivity contribution >= 4 is 28.0 Å². The van der Waals surface area contributed by atoms with E-state index >= 15 is 0 Å². The van der Waals surface area contributed by atoms with E-state index in [-0.39, 0.29) is 6.61 Å². The molecule has 0 aliphatic carbocycles. The van der Waals surface area contributed by atoms with Crippen molar-refractivity contribution in [3.8, 4) is 5.75 Å². The summed E-state index contributed by atoms with van der Waals surface area (Å²) in [4.78, 5) is 9.87. The average Bonchev–Trinajstić information content (AvgIpc) is 3.21. The molecule has 2 aromatic heterocycles. The number of hydrogen-bond acceptors (Lipinski definition) is 5. The third-order valence-electron chi connectivity index (χ3n) is 5.51. The van der Waals surface area contributed by atoms with Gasteiger partial charge in [-0.3, -0.25) is 4.98 Å². The molecule has 0 fully saturated rings. The quantitative estimate of drug-likeness (QED) is 0.451. The number of fused-ring (bicyclic) bond motifs is 2. The number of aromatic amines is 1. The molecule has 0 saturated carbocycles. The summed E-state index contributed by atoms with van der Waals surface area (Å²) >= 11 is 0. The fourth-order valence-corrected chi connectivity index (χ4v) is 3.99. The van der Waals surface area contributed by atoms with E-state index in [1.54, 1.807) is 6.20 Å². The zero-order chi connectivity index (χ0) is 20.3. The lowest BCUT2D eigenvalue weighted by atomic mass is 10.1. The van der Waals surface area contributed by atoms with Crippen LogP contribution in [0.5, 0.6) is 5.75 Å². The Labute approximate surface area is 175 Å². The van der Waals surface area contributed by atoms with Crippen molar-refractivity contribution in [2.75, 3.05) is 29.9 Å². The van der Waals surface area contributed by atoms with Gasteiger partial charge in [0.15, 0.2) is 0 Å². The number of aliphatic hydroxyl groups is 1. The van der Waals surface area contributed by atoms with Crippen LogP contribution in [0.3, 0.4) is 0 Å². The molecule has 6 heteroatoms. The molecule has 0 bridgehead atoms. The first-order chi connectivity index (χ1) is 14.8. The van der Waals surface area contributed by atoms with Crippen molar-refractivity contribution in [2.24, 2.45) is 0 Å². The molecule has 0 unspecified atom stereocenters. The summed E-state index contributed by atoms with van der Waals surface area (Å²) in [6.45, 7) is 2.42. The molecule has 6 nitrogen and oxygen atoms in total. The summed E-state index contributed by atoms with van der Waals surface area (Å²) in [5, 5.41) is 13.9. The van der Waals surface area contributed by atoms with Crippen LogP contribution < -0.4 is 15.0 Å². The molecule has 0 amide bonds. The van der Waals surface area contributed by atoms with Gasteiger partial charge in [0.25, 0.3) is 0 Å². The molecule has 2 aromatic carbocycles. The van der Waals surface area contributed by atoms with E-state index in [1.807, 2.05) is 18.2 Å². The minimum atomic E-state index is -0.0752. The highest BCUT2D eigenvalue weighted by molar-refractivity contribution is 5.83. The summed E-state index contributed by atoms with van der Waals surface area (Å²) in [7, 11) is 0. The molecule has 152 valence electrons. The van der Waals surface area contributed by atoms with E-state index in [0.717, 1.165) is 42.3 Å². The topological polar surface area (TPSA) is 73.4 Å². The Morgan fingerprint density at radius 3 is 2.93 bits per heavy atom. The predicted molar refractivity (Wildman–Crippen MR) is 120 cm³/mol. The maximum Gasteiger partial charge on any atom is 0.144 e. The standard InChI is InChI=1S/C24H24N4O2/c29-16-20-13-19(7-9-25-20)27-18-5-6-23-24(14-18)30-12-11-28(23)10-8-17-15-26-22-4-2-1-3-21(17)22/h1-7,9,13-15,26,29H,8,10-12,16H2,(H,25,27). The first kappa shape index (κ1) is 18.5. The Morgan fingerprint density at radius 2 is 2.00 bits per heavy atom. The third-order valence-corrected chi connectivity index (χ3v) is 5.51. The Morgan fingerprint density at radius 1 is 1.10 bits per heavy atom. The molecule has 3 heterocycles. The second-order valence-electron chi connectivity index (χ2n) is 7.45. The van der Waals surface area contributed by atoms with Crippen molar-refractivity contribution in [1.82, 2.24) is 9.97 Å². The highest BCUT2D eigenvalue weighted by atomic mass is 16.5. The number of ether oxygens (including phenoxy) is 1. The van der Waals surface area contributed by atoms with Gasteiger partial charge in [0.1, 0.15) is 12.4 Å². The van der Waals surface area contributed by atoms with Crippen LogP contribution >= 0.6 is 0 Å². The molecule has 4 aromatic rings. The van der Waals surface area contributed by atoms with Gasteiger partial charge in [-0.25, -0.2) is 0 Å². The van der Waals surface area contributed by atoms with Gasteiger partial charge in [-0.05, 0) is 42.3 Å². The molecule has 0 atom stereocenters. The molecule has 0 spiro atoms. The highest BCUT2D eigenvalue weighted by Crippen LogP contribution is 2.35.